The quantitative estimate of drug-likeness (QED) is 0.387. The highest BCUT2D eigenvalue weighted by atomic mass is 16.5. The molecular formula is C26H29N5O3. The van der Waals surface area contributed by atoms with E-state index >= 15 is 0 Å². The number of anilines is 1. The van der Waals surface area contributed by atoms with Crippen LogP contribution in [0.15, 0.2) is 47.3 Å². The van der Waals surface area contributed by atoms with Crippen LogP contribution < -0.4 is 11.3 Å². The third kappa shape index (κ3) is 4.17. The number of rotatable bonds is 7. The summed E-state index contributed by atoms with van der Waals surface area (Å²) < 4.78 is 5.25. The molecule has 5 rings (SSSR count). The summed E-state index contributed by atoms with van der Waals surface area (Å²) in [5.41, 5.74) is 9.88. The van der Waals surface area contributed by atoms with E-state index in [4.69, 9.17) is 10.5 Å². The first kappa shape index (κ1) is 22.2. The molecule has 1 aliphatic carbocycles. The van der Waals surface area contributed by atoms with Gasteiger partial charge in [-0.2, -0.15) is 0 Å². The number of ether oxygens (including phenoxy) is 1. The normalized spacial score (nSPS) is 14.3. The molecule has 8 heteroatoms. The van der Waals surface area contributed by atoms with Crippen LogP contribution in [0.4, 0.5) is 5.69 Å². The lowest BCUT2D eigenvalue weighted by molar-refractivity contribution is 0.0664. The Morgan fingerprint density at radius 3 is 2.74 bits per heavy atom. The SMILES string of the molecule is COCCN(CC1CCCC1)C(=O)c1ccc2[nH]c(-c3nc4ccccc4[nH]c3=O)c(N)c2c1. The minimum Gasteiger partial charge on any atom is -0.396 e. The van der Waals surface area contributed by atoms with E-state index in [1.54, 1.807) is 25.3 Å². The number of para-hydroxylation sites is 2. The van der Waals surface area contributed by atoms with Crippen molar-refractivity contribution in [2.75, 3.05) is 32.5 Å². The molecule has 0 radical (unpaired) electrons. The van der Waals surface area contributed by atoms with Gasteiger partial charge in [0.1, 0.15) is 0 Å². The second kappa shape index (κ2) is 9.30. The van der Waals surface area contributed by atoms with Crippen molar-refractivity contribution in [1.82, 2.24) is 19.9 Å². The molecule has 2 aromatic carbocycles. The molecule has 8 nitrogen and oxygen atoms in total. The van der Waals surface area contributed by atoms with Crippen LogP contribution in [0, 0.1) is 5.92 Å². The fraction of sp³-hybridized carbons (Fsp3) is 0.346. The molecule has 176 valence electrons. The van der Waals surface area contributed by atoms with Crippen LogP contribution in [0.1, 0.15) is 36.0 Å². The maximum atomic E-state index is 13.4. The maximum absolute atomic E-state index is 13.4. The number of fused-ring (bicyclic) bond motifs is 2. The largest absolute Gasteiger partial charge is 0.396 e. The number of nitrogens with two attached hydrogens (primary N) is 1. The van der Waals surface area contributed by atoms with E-state index in [0.29, 0.717) is 52.4 Å². The molecule has 2 aromatic heterocycles. The van der Waals surface area contributed by atoms with Gasteiger partial charge in [0.25, 0.3) is 11.5 Å². The highest BCUT2D eigenvalue weighted by molar-refractivity contribution is 6.04. The van der Waals surface area contributed by atoms with E-state index in [2.05, 4.69) is 15.0 Å². The van der Waals surface area contributed by atoms with Gasteiger partial charge < -0.3 is 25.3 Å². The van der Waals surface area contributed by atoms with Crippen LogP contribution in [0.25, 0.3) is 33.3 Å². The molecule has 1 saturated carbocycles. The molecule has 0 bridgehead atoms. The monoisotopic (exact) mass is 459 g/mol. The van der Waals surface area contributed by atoms with E-state index in [0.717, 1.165) is 24.9 Å². The molecule has 0 unspecified atom stereocenters. The standard InChI is InChI=1S/C26H29N5O3/c1-34-13-12-31(15-16-6-2-3-7-16)26(33)17-10-11-19-18(14-17)22(27)23(28-19)24-25(32)30-21-9-5-4-8-20(21)29-24/h4-5,8-11,14,16,28H,2-3,6-7,12-13,15,27H2,1H3,(H,30,32). The molecule has 1 aliphatic rings. The number of aromatic amines is 2. The van der Waals surface area contributed by atoms with Gasteiger partial charge in [-0.05, 0) is 49.1 Å². The Labute approximate surface area is 197 Å². The highest BCUT2D eigenvalue weighted by Gasteiger charge is 2.24. The van der Waals surface area contributed by atoms with Crippen LogP contribution in [0.5, 0.6) is 0 Å². The lowest BCUT2D eigenvalue weighted by Crippen LogP contribution is -2.37. The zero-order valence-corrected chi connectivity index (χ0v) is 19.3. The number of nitrogens with zero attached hydrogens (tertiary/aromatic N) is 2. The highest BCUT2D eigenvalue weighted by Crippen LogP contribution is 2.32. The van der Waals surface area contributed by atoms with Gasteiger partial charge in [0.2, 0.25) is 0 Å². The summed E-state index contributed by atoms with van der Waals surface area (Å²) in [4.78, 5) is 38.7. The molecule has 4 aromatic rings. The number of benzene rings is 2. The number of hydrogen-bond donors (Lipinski definition) is 3. The summed E-state index contributed by atoms with van der Waals surface area (Å²) in [5, 5.41) is 0.697. The number of carbonyl (C=O) groups is 1. The molecule has 0 spiro atoms. The van der Waals surface area contributed by atoms with Crippen LogP contribution in [-0.2, 0) is 4.74 Å². The second-order valence-electron chi connectivity index (χ2n) is 9.00. The number of nitrogens with one attached hydrogen (secondary N) is 2. The van der Waals surface area contributed by atoms with Gasteiger partial charge in [-0.25, -0.2) is 4.98 Å². The molecule has 0 aliphatic heterocycles. The lowest BCUT2D eigenvalue weighted by atomic mass is 10.1. The van der Waals surface area contributed by atoms with E-state index in [9.17, 15) is 9.59 Å². The number of methoxy groups -OCH3 is 1. The molecule has 1 amide bonds. The number of amides is 1. The van der Waals surface area contributed by atoms with E-state index in [-0.39, 0.29) is 17.2 Å². The Balaban J connectivity index is 1.50. The van der Waals surface area contributed by atoms with Crippen molar-refractivity contribution in [3.05, 3.63) is 58.4 Å². The van der Waals surface area contributed by atoms with Crippen LogP contribution in [-0.4, -0.2) is 52.6 Å². The van der Waals surface area contributed by atoms with Gasteiger partial charge >= 0.3 is 0 Å². The summed E-state index contributed by atoms with van der Waals surface area (Å²) in [6.45, 7) is 1.78. The van der Waals surface area contributed by atoms with Crippen LogP contribution >= 0.6 is 0 Å². The van der Waals surface area contributed by atoms with Crippen molar-refractivity contribution >= 4 is 33.5 Å². The van der Waals surface area contributed by atoms with E-state index in [1.807, 2.05) is 29.2 Å². The molecule has 4 N–H and O–H groups in total. The maximum Gasteiger partial charge on any atom is 0.276 e. The number of aromatic nitrogens is 3. The fourth-order valence-electron chi connectivity index (χ4n) is 4.90. The Bertz CT molecular complexity index is 1400. The minimum absolute atomic E-state index is 0.0327. The van der Waals surface area contributed by atoms with E-state index in [1.165, 1.54) is 12.8 Å². The number of hydrogen-bond acceptors (Lipinski definition) is 5. The van der Waals surface area contributed by atoms with Crippen molar-refractivity contribution < 1.29 is 9.53 Å². The first-order valence-corrected chi connectivity index (χ1v) is 11.7. The van der Waals surface area contributed by atoms with Crippen LogP contribution in [0.3, 0.4) is 0 Å². The van der Waals surface area contributed by atoms with Gasteiger partial charge in [-0.3, -0.25) is 9.59 Å². The second-order valence-corrected chi connectivity index (χ2v) is 9.00. The zero-order chi connectivity index (χ0) is 23.7. The molecule has 2 heterocycles. The lowest BCUT2D eigenvalue weighted by Gasteiger charge is -2.25. The Morgan fingerprint density at radius 2 is 1.94 bits per heavy atom. The summed E-state index contributed by atoms with van der Waals surface area (Å²) in [5.74, 6) is 0.508. The molecular weight excluding hydrogens is 430 g/mol. The van der Waals surface area contributed by atoms with Crippen molar-refractivity contribution in [1.29, 1.82) is 0 Å². The first-order chi connectivity index (χ1) is 16.5. The smallest absolute Gasteiger partial charge is 0.276 e. The van der Waals surface area contributed by atoms with Gasteiger partial charge in [-0.15, -0.1) is 0 Å². The van der Waals surface area contributed by atoms with Gasteiger partial charge in [-0.1, -0.05) is 25.0 Å². The van der Waals surface area contributed by atoms with Gasteiger partial charge in [0, 0.05) is 36.7 Å². The minimum atomic E-state index is -0.324. The average Bonchev–Trinajstić information content (AvgIpc) is 3.48. The Hall–Kier alpha value is -3.65. The number of carbonyl (C=O) groups excluding carboxylic acids is 1. The van der Waals surface area contributed by atoms with Gasteiger partial charge in [0.05, 0.1) is 29.0 Å². The number of H-pyrrole nitrogens is 2. The molecule has 34 heavy (non-hydrogen) atoms. The van der Waals surface area contributed by atoms with Crippen LogP contribution in [0.2, 0.25) is 0 Å². The van der Waals surface area contributed by atoms with Crippen molar-refractivity contribution in [3.8, 4) is 11.4 Å². The van der Waals surface area contributed by atoms with Crippen molar-refractivity contribution in [2.24, 2.45) is 5.92 Å². The number of nitrogen functional groups attached to an aromatic ring is 1. The summed E-state index contributed by atoms with van der Waals surface area (Å²) in [6.07, 6.45) is 4.79. The van der Waals surface area contributed by atoms with Gasteiger partial charge in [0.15, 0.2) is 5.69 Å². The molecule has 1 fully saturated rings. The zero-order valence-electron chi connectivity index (χ0n) is 19.3. The van der Waals surface area contributed by atoms with Crippen molar-refractivity contribution in [3.63, 3.8) is 0 Å². The summed E-state index contributed by atoms with van der Waals surface area (Å²) >= 11 is 0. The van der Waals surface area contributed by atoms with E-state index < -0.39 is 0 Å². The fourth-order valence-corrected chi connectivity index (χ4v) is 4.90. The average molecular weight is 460 g/mol. The predicted molar refractivity (Wildman–Crippen MR) is 134 cm³/mol. The first-order valence-electron chi connectivity index (χ1n) is 11.7. The summed E-state index contributed by atoms with van der Waals surface area (Å²) in [6, 6.07) is 12.8. The predicted octanol–water partition coefficient (Wildman–Crippen LogP) is 3.93. The Morgan fingerprint density at radius 1 is 1.15 bits per heavy atom. The summed E-state index contributed by atoms with van der Waals surface area (Å²) in [7, 11) is 1.65. The molecule has 0 saturated heterocycles. The topological polar surface area (TPSA) is 117 Å². The van der Waals surface area contributed by atoms with Crippen molar-refractivity contribution in [2.45, 2.75) is 25.7 Å². The Kier molecular flexibility index (Phi) is 6.06. The molecule has 0 atom stereocenters. The third-order valence-corrected chi connectivity index (χ3v) is 6.73. The third-order valence-electron chi connectivity index (χ3n) is 6.73.